The normalized spacial score (nSPS) is 29.5. The van der Waals surface area contributed by atoms with E-state index in [2.05, 4.69) is 31.2 Å². The minimum absolute atomic E-state index is 0.0654. The Balaban J connectivity index is 1.64. The van der Waals surface area contributed by atoms with Crippen LogP contribution in [-0.4, -0.2) is 11.8 Å². The average molecular weight is 365 g/mol. The van der Waals surface area contributed by atoms with Gasteiger partial charge in [-0.3, -0.25) is 9.59 Å². The largest absolute Gasteiger partial charge is 0.274 e. The number of hydrogen-bond donors (Lipinski definition) is 0. The van der Waals surface area contributed by atoms with Gasteiger partial charge in [0.2, 0.25) is 11.8 Å². The van der Waals surface area contributed by atoms with Gasteiger partial charge >= 0.3 is 0 Å². The van der Waals surface area contributed by atoms with Gasteiger partial charge < -0.3 is 0 Å². The second-order valence-corrected chi connectivity index (χ2v) is 8.21. The van der Waals surface area contributed by atoms with Crippen molar-refractivity contribution in [3.63, 3.8) is 0 Å². The summed E-state index contributed by atoms with van der Waals surface area (Å²) in [6.07, 6.45) is 0. The quantitative estimate of drug-likeness (QED) is 0.605. The third kappa shape index (κ3) is 1.66. The topological polar surface area (TPSA) is 37.4 Å². The molecule has 3 nitrogen and oxygen atoms in total. The van der Waals surface area contributed by atoms with Crippen LogP contribution in [-0.2, 0) is 15.0 Å². The van der Waals surface area contributed by atoms with E-state index >= 15 is 0 Å². The van der Waals surface area contributed by atoms with Gasteiger partial charge in [-0.25, -0.2) is 4.90 Å². The van der Waals surface area contributed by atoms with E-state index in [-0.39, 0.29) is 29.6 Å². The molecule has 0 unspecified atom stereocenters. The number of carbonyl (C=O) groups is 2. The summed E-state index contributed by atoms with van der Waals surface area (Å²) in [5, 5.41) is 0. The van der Waals surface area contributed by atoms with Crippen molar-refractivity contribution in [2.24, 2.45) is 11.8 Å². The van der Waals surface area contributed by atoms with E-state index in [0.717, 1.165) is 0 Å². The van der Waals surface area contributed by atoms with Gasteiger partial charge in [-0.15, -0.1) is 0 Å². The average Bonchev–Trinajstić information content (AvgIpc) is 3.01. The number of imide groups is 1. The van der Waals surface area contributed by atoms with Crippen LogP contribution >= 0.6 is 0 Å². The Morgan fingerprint density at radius 3 is 1.86 bits per heavy atom. The molecule has 28 heavy (non-hydrogen) atoms. The van der Waals surface area contributed by atoms with Crippen LogP contribution in [0.2, 0.25) is 0 Å². The highest BCUT2D eigenvalue weighted by Gasteiger charge is 2.66. The summed E-state index contributed by atoms with van der Waals surface area (Å²) >= 11 is 0. The fourth-order valence-corrected chi connectivity index (χ4v) is 5.98. The van der Waals surface area contributed by atoms with Crippen molar-refractivity contribution in [1.82, 2.24) is 0 Å². The van der Waals surface area contributed by atoms with Gasteiger partial charge in [0.15, 0.2) is 0 Å². The van der Waals surface area contributed by atoms with Gasteiger partial charge in [0.05, 0.1) is 17.5 Å². The molecular weight excluding hydrogens is 346 g/mol. The van der Waals surface area contributed by atoms with E-state index in [9.17, 15) is 9.59 Å². The van der Waals surface area contributed by atoms with Crippen molar-refractivity contribution in [2.75, 3.05) is 4.90 Å². The monoisotopic (exact) mass is 365 g/mol. The van der Waals surface area contributed by atoms with Crippen LogP contribution in [0.4, 0.5) is 5.69 Å². The highest BCUT2D eigenvalue weighted by Crippen LogP contribution is 2.64. The van der Waals surface area contributed by atoms with Crippen LogP contribution in [0, 0.1) is 11.8 Å². The lowest BCUT2D eigenvalue weighted by Crippen LogP contribution is -2.51. The summed E-state index contributed by atoms with van der Waals surface area (Å²) in [6, 6.07) is 26.0. The maximum atomic E-state index is 13.7. The lowest BCUT2D eigenvalue weighted by Gasteiger charge is -2.52. The summed E-state index contributed by atoms with van der Waals surface area (Å²) in [4.78, 5) is 28.7. The standard InChI is InChI=1S/C25H19NO2/c1-25-18-13-7-5-11-16(18)20(17-12-6-8-14-19(17)25)21-22(25)24(28)26(23(21)27)15-9-3-2-4-10-15/h2-14,20-22H,1H3/t20?,21-,22+,25?/m0/s1. The van der Waals surface area contributed by atoms with E-state index in [4.69, 9.17) is 0 Å². The molecule has 2 amide bonds. The molecule has 3 aliphatic carbocycles. The Bertz CT molecular complexity index is 1100. The molecule has 2 bridgehead atoms. The number of para-hydroxylation sites is 1. The molecule has 1 aliphatic heterocycles. The van der Waals surface area contributed by atoms with Crippen molar-refractivity contribution in [3.05, 3.63) is 101 Å². The fourth-order valence-electron chi connectivity index (χ4n) is 5.98. The highest BCUT2D eigenvalue weighted by atomic mass is 16.2. The number of nitrogens with zero attached hydrogens (tertiary/aromatic N) is 1. The van der Waals surface area contributed by atoms with Crippen LogP contribution in [0.3, 0.4) is 0 Å². The van der Waals surface area contributed by atoms with Crippen molar-refractivity contribution < 1.29 is 9.59 Å². The Morgan fingerprint density at radius 2 is 1.25 bits per heavy atom. The zero-order valence-electron chi connectivity index (χ0n) is 15.5. The maximum absolute atomic E-state index is 13.7. The predicted molar refractivity (Wildman–Crippen MR) is 107 cm³/mol. The van der Waals surface area contributed by atoms with Gasteiger partial charge in [-0.05, 0) is 34.4 Å². The Kier molecular flexibility index (Phi) is 2.94. The summed E-state index contributed by atoms with van der Waals surface area (Å²) in [5.74, 6) is -0.916. The summed E-state index contributed by atoms with van der Waals surface area (Å²) in [5.41, 5.74) is 4.94. The molecule has 1 fully saturated rings. The number of amides is 2. The third-order valence-electron chi connectivity index (χ3n) is 7.06. The molecule has 2 atom stereocenters. The minimum atomic E-state index is -0.497. The summed E-state index contributed by atoms with van der Waals surface area (Å²) < 4.78 is 0. The minimum Gasteiger partial charge on any atom is -0.274 e. The number of anilines is 1. The smallest absolute Gasteiger partial charge is 0.238 e. The molecule has 3 aromatic rings. The molecule has 0 aromatic heterocycles. The molecule has 4 aliphatic rings. The van der Waals surface area contributed by atoms with Crippen LogP contribution < -0.4 is 4.90 Å². The summed E-state index contributed by atoms with van der Waals surface area (Å²) in [7, 11) is 0. The highest BCUT2D eigenvalue weighted by molar-refractivity contribution is 6.23. The first-order valence-electron chi connectivity index (χ1n) is 9.75. The van der Waals surface area contributed by atoms with Gasteiger partial charge in [0.1, 0.15) is 0 Å². The Hall–Kier alpha value is -3.20. The predicted octanol–water partition coefficient (Wildman–Crippen LogP) is 4.26. The molecule has 7 rings (SSSR count). The molecule has 0 saturated carbocycles. The van der Waals surface area contributed by atoms with Gasteiger partial charge in [-0.1, -0.05) is 73.7 Å². The fraction of sp³-hybridized carbons (Fsp3) is 0.200. The van der Waals surface area contributed by atoms with Gasteiger partial charge in [0.25, 0.3) is 0 Å². The van der Waals surface area contributed by atoms with Gasteiger partial charge in [0, 0.05) is 11.3 Å². The molecule has 0 N–H and O–H groups in total. The molecule has 3 aromatic carbocycles. The molecule has 3 heteroatoms. The van der Waals surface area contributed by atoms with E-state index in [1.54, 1.807) is 0 Å². The number of hydrogen-bond acceptors (Lipinski definition) is 2. The van der Waals surface area contributed by atoms with Crippen LogP contribution in [0.1, 0.15) is 35.1 Å². The van der Waals surface area contributed by atoms with Crippen LogP contribution in [0.15, 0.2) is 78.9 Å². The van der Waals surface area contributed by atoms with Crippen molar-refractivity contribution in [1.29, 1.82) is 0 Å². The molecule has 1 heterocycles. The summed E-state index contributed by atoms with van der Waals surface area (Å²) in [6.45, 7) is 2.15. The number of carbonyl (C=O) groups excluding carboxylic acids is 2. The molecular formula is C25H19NO2. The molecule has 1 saturated heterocycles. The maximum Gasteiger partial charge on any atom is 0.238 e. The first-order chi connectivity index (χ1) is 13.6. The number of rotatable bonds is 1. The van der Waals surface area contributed by atoms with E-state index < -0.39 is 5.41 Å². The zero-order chi connectivity index (χ0) is 19.0. The lowest BCUT2D eigenvalue weighted by atomic mass is 9.48. The zero-order valence-corrected chi connectivity index (χ0v) is 15.5. The van der Waals surface area contributed by atoms with Gasteiger partial charge in [-0.2, -0.15) is 0 Å². The van der Waals surface area contributed by atoms with Crippen LogP contribution in [0.5, 0.6) is 0 Å². The van der Waals surface area contributed by atoms with E-state index in [1.807, 2.05) is 54.6 Å². The first kappa shape index (κ1) is 15.8. The van der Waals surface area contributed by atoms with Crippen molar-refractivity contribution in [3.8, 4) is 0 Å². The number of benzene rings is 3. The first-order valence-corrected chi connectivity index (χ1v) is 9.75. The molecule has 0 spiro atoms. The Labute approximate surface area is 163 Å². The van der Waals surface area contributed by atoms with Crippen molar-refractivity contribution >= 4 is 17.5 Å². The molecule has 0 radical (unpaired) electrons. The molecule has 136 valence electrons. The Morgan fingerprint density at radius 1 is 0.714 bits per heavy atom. The van der Waals surface area contributed by atoms with E-state index in [0.29, 0.717) is 5.69 Å². The SMILES string of the molecule is CC12c3ccccc3C(c3ccccc31)[C@@H]1C(=O)N(c3ccccc3)C(=O)[C@@H]12. The second kappa shape index (κ2) is 5.20. The lowest BCUT2D eigenvalue weighted by molar-refractivity contribution is -0.123. The van der Waals surface area contributed by atoms with E-state index in [1.165, 1.54) is 27.2 Å². The third-order valence-corrected chi connectivity index (χ3v) is 7.06. The van der Waals surface area contributed by atoms with Crippen molar-refractivity contribution in [2.45, 2.75) is 18.3 Å². The second-order valence-electron chi connectivity index (χ2n) is 8.21. The van der Waals surface area contributed by atoms with Crippen LogP contribution in [0.25, 0.3) is 0 Å².